The summed E-state index contributed by atoms with van der Waals surface area (Å²) in [7, 11) is 1.67. The molecule has 0 spiro atoms. The van der Waals surface area contributed by atoms with E-state index < -0.39 is 17.7 Å². The lowest BCUT2D eigenvalue weighted by molar-refractivity contribution is -0.192. The number of halogens is 3. The van der Waals surface area contributed by atoms with Gasteiger partial charge >= 0.3 is 12.1 Å². The number of hydrogen-bond donors (Lipinski definition) is 2. The van der Waals surface area contributed by atoms with Crippen LogP contribution >= 0.6 is 0 Å². The minimum absolute atomic E-state index is 0.0628. The second-order valence-corrected chi connectivity index (χ2v) is 6.35. The number of likely N-dealkylation sites (N-methyl/N-ethyl adjacent to an activating group) is 1. The molecular weight excluding hydrogens is 387 g/mol. The smallest absolute Gasteiger partial charge is 0.475 e. The zero-order valence-corrected chi connectivity index (χ0v) is 15.6. The predicted molar refractivity (Wildman–Crippen MR) is 101 cm³/mol. The maximum absolute atomic E-state index is 12.8. The fourth-order valence-corrected chi connectivity index (χ4v) is 2.88. The van der Waals surface area contributed by atoms with Crippen molar-refractivity contribution in [2.24, 2.45) is 10.7 Å². The van der Waals surface area contributed by atoms with Gasteiger partial charge in [-0.05, 0) is 24.0 Å². The van der Waals surface area contributed by atoms with E-state index in [9.17, 15) is 18.0 Å². The van der Waals surface area contributed by atoms with E-state index in [0.29, 0.717) is 6.42 Å². The summed E-state index contributed by atoms with van der Waals surface area (Å²) >= 11 is 0. The minimum Gasteiger partial charge on any atom is -0.475 e. The van der Waals surface area contributed by atoms with E-state index in [-0.39, 0.29) is 11.9 Å². The number of alkyl halides is 3. The monoisotopic (exact) mass is 407 g/mol. The van der Waals surface area contributed by atoms with Crippen LogP contribution < -0.4 is 5.73 Å². The molecule has 0 fully saturated rings. The molecule has 6 nitrogen and oxygen atoms in total. The molecule has 29 heavy (non-hydrogen) atoms. The molecule has 2 aromatic carbocycles. The Morgan fingerprint density at radius 3 is 2.00 bits per heavy atom. The summed E-state index contributed by atoms with van der Waals surface area (Å²) in [6, 6.07) is 19.8. The number of carboxylic acids is 1. The van der Waals surface area contributed by atoms with Crippen molar-refractivity contribution in [2.45, 2.75) is 24.6 Å². The lowest BCUT2D eigenvalue weighted by Crippen LogP contribution is -2.40. The Kier molecular flexibility index (Phi) is 6.63. The highest BCUT2D eigenvalue weighted by Gasteiger charge is 2.47. The third-order valence-electron chi connectivity index (χ3n) is 4.42. The molecule has 2 aromatic rings. The first kappa shape index (κ1) is 21.9. The number of benzene rings is 2. The van der Waals surface area contributed by atoms with Crippen LogP contribution in [0.5, 0.6) is 0 Å². The molecule has 0 bridgehead atoms. The van der Waals surface area contributed by atoms with E-state index >= 15 is 0 Å². The number of carbonyl (C=O) groups excluding carboxylic acids is 1. The number of carboxylic acid groups (broad SMARTS) is 1. The Labute approximate surface area is 165 Å². The average molecular weight is 407 g/mol. The molecule has 9 heteroatoms. The number of rotatable bonds is 4. The Morgan fingerprint density at radius 1 is 1.10 bits per heavy atom. The Bertz CT molecular complexity index is 886. The Morgan fingerprint density at radius 2 is 1.59 bits per heavy atom. The highest BCUT2D eigenvalue weighted by molar-refractivity contribution is 6.06. The van der Waals surface area contributed by atoms with Crippen molar-refractivity contribution in [3.8, 4) is 0 Å². The third kappa shape index (κ3) is 5.13. The highest BCUT2D eigenvalue weighted by Crippen LogP contribution is 2.36. The van der Waals surface area contributed by atoms with E-state index in [4.69, 9.17) is 15.6 Å². The quantitative estimate of drug-likeness (QED) is 0.815. The molecule has 1 amide bonds. The second-order valence-electron chi connectivity index (χ2n) is 6.35. The molecule has 1 aliphatic rings. The molecule has 0 saturated heterocycles. The summed E-state index contributed by atoms with van der Waals surface area (Å²) < 4.78 is 31.7. The maximum Gasteiger partial charge on any atom is 0.490 e. The van der Waals surface area contributed by atoms with Crippen molar-refractivity contribution in [1.82, 2.24) is 4.90 Å². The molecule has 1 aliphatic heterocycles. The van der Waals surface area contributed by atoms with Crippen LogP contribution in [0.15, 0.2) is 65.7 Å². The van der Waals surface area contributed by atoms with E-state index in [0.717, 1.165) is 12.0 Å². The van der Waals surface area contributed by atoms with Crippen molar-refractivity contribution in [3.63, 3.8) is 0 Å². The minimum atomic E-state index is -5.08. The molecule has 0 saturated carbocycles. The first-order valence-electron chi connectivity index (χ1n) is 8.61. The van der Waals surface area contributed by atoms with Gasteiger partial charge in [0.1, 0.15) is 0 Å². The van der Waals surface area contributed by atoms with Gasteiger partial charge in [0.25, 0.3) is 5.91 Å². The molecule has 1 atom stereocenters. The van der Waals surface area contributed by atoms with Crippen LogP contribution in [0.4, 0.5) is 13.2 Å². The van der Waals surface area contributed by atoms with Gasteiger partial charge in [-0.2, -0.15) is 13.2 Å². The molecule has 0 radical (unpaired) electrons. The Hall–Kier alpha value is -3.36. The van der Waals surface area contributed by atoms with Crippen molar-refractivity contribution >= 4 is 17.8 Å². The normalized spacial score (nSPS) is 18.7. The first-order chi connectivity index (χ1) is 13.6. The molecule has 154 valence electrons. The molecule has 3 N–H and O–H groups in total. The molecule has 3 rings (SSSR count). The van der Waals surface area contributed by atoms with Gasteiger partial charge < -0.3 is 10.8 Å². The fourth-order valence-electron chi connectivity index (χ4n) is 2.88. The van der Waals surface area contributed by atoms with Crippen molar-refractivity contribution in [2.75, 3.05) is 7.05 Å². The first-order valence-corrected chi connectivity index (χ1v) is 8.61. The van der Waals surface area contributed by atoms with Crippen LogP contribution in [-0.2, 0) is 21.5 Å². The summed E-state index contributed by atoms with van der Waals surface area (Å²) in [5.41, 5.74) is 7.08. The number of hydrogen-bond acceptors (Lipinski definition) is 4. The van der Waals surface area contributed by atoms with Gasteiger partial charge in [-0.15, -0.1) is 0 Å². The van der Waals surface area contributed by atoms with Gasteiger partial charge in [-0.3, -0.25) is 9.69 Å². The fraction of sp³-hybridized carbons (Fsp3) is 0.250. The Balaban J connectivity index is 0.000000370. The van der Waals surface area contributed by atoms with Crippen molar-refractivity contribution < 1.29 is 27.9 Å². The molecule has 1 unspecified atom stereocenters. The lowest BCUT2D eigenvalue weighted by atomic mass is 9.84. The summed E-state index contributed by atoms with van der Waals surface area (Å²) in [5, 5.41) is 7.12. The SMILES string of the molecule is CN1C(=O)C(CCc2ccccc2)(c2ccccc2)N=C1N.O=C(O)C(F)(F)F. The van der Waals surface area contributed by atoms with Gasteiger partial charge in [0, 0.05) is 7.05 Å². The van der Waals surface area contributed by atoms with Crippen LogP contribution in [0.2, 0.25) is 0 Å². The summed E-state index contributed by atoms with van der Waals surface area (Å²) in [5.74, 6) is -2.54. The van der Waals surface area contributed by atoms with Crippen LogP contribution in [0.1, 0.15) is 17.5 Å². The number of guanidine groups is 1. The number of aliphatic carboxylic acids is 1. The van der Waals surface area contributed by atoms with E-state index in [1.807, 2.05) is 48.5 Å². The topological polar surface area (TPSA) is 96.0 Å². The van der Waals surface area contributed by atoms with E-state index in [1.165, 1.54) is 10.5 Å². The average Bonchev–Trinajstić information content (AvgIpc) is 2.92. The molecule has 1 heterocycles. The summed E-state index contributed by atoms with van der Waals surface area (Å²) in [4.78, 5) is 27.7. The van der Waals surface area contributed by atoms with Gasteiger partial charge in [0.15, 0.2) is 11.5 Å². The number of aliphatic imine (C=N–C) groups is 1. The van der Waals surface area contributed by atoms with Crippen molar-refractivity contribution in [1.29, 1.82) is 0 Å². The van der Waals surface area contributed by atoms with E-state index in [2.05, 4.69) is 17.1 Å². The van der Waals surface area contributed by atoms with Crippen LogP contribution in [0.3, 0.4) is 0 Å². The standard InChI is InChI=1S/C18H19N3O.C2HF3O2/c1-21-16(22)18(20-17(21)19,15-10-6-3-7-11-15)13-12-14-8-4-2-5-9-14;3-2(4,5)1(6)7/h2-11H,12-13H2,1H3,(H2,19,20);(H,6,7). The predicted octanol–water partition coefficient (Wildman–Crippen LogP) is 2.93. The van der Waals surface area contributed by atoms with E-state index in [1.54, 1.807) is 7.05 Å². The van der Waals surface area contributed by atoms with Crippen LogP contribution in [-0.4, -0.2) is 41.1 Å². The van der Waals surface area contributed by atoms with Gasteiger partial charge in [-0.1, -0.05) is 60.7 Å². The number of aryl methyl sites for hydroxylation is 1. The van der Waals surface area contributed by atoms with Gasteiger partial charge in [0.2, 0.25) is 0 Å². The number of nitrogens with zero attached hydrogens (tertiary/aromatic N) is 2. The maximum atomic E-state index is 12.8. The molecule has 0 aromatic heterocycles. The number of carbonyl (C=O) groups is 2. The van der Waals surface area contributed by atoms with Crippen LogP contribution in [0, 0.1) is 0 Å². The lowest BCUT2D eigenvalue weighted by Gasteiger charge is -2.25. The van der Waals surface area contributed by atoms with Gasteiger partial charge in [-0.25, -0.2) is 9.79 Å². The van der Waals surface area contributed by atoms with Gasteiger partial charge in [0.05, 0.1) is 0 Å². The second kappa shape index (κ2) is 8.76. The summed E-state index contributed by atoms with van der Waals surface area (Å²) in [6.45, 7) is 0. The number of amides is 1. The summed E-state index contributed by atoms with van der Waals surface area (Å²) in [6.07, 6.45) is -3.71. The third-order valence-corrected chi connectivity index (χ3v) is 4.42. The van der Waals surface area contributed by atoms with Crippen LogP contribution in [0.25, 0.3) is 0 Å². The van der Waals surface area contributed by atoms with Crippen molar-refractivity contribution in [3.05, 3.63) is 71.8 Å². The number of nitrogens with two attached hydrogens (primary N) is 1. The molecular formula is C20H20F3N3O3. The zero-order chi connectivity index (χ0) is 21.7. The highest BCUT2D eigenvalue weighted by atomic mass is 19.4. The molecule has 0 aliphatic carbocycles. The zero-order valence-electron chi connectivity index (χ0n) is 15.6. The largest absolute Gasteiger partial charge is 0.490 e.